The molecule has 0 saturated carbocycles. The molecule has 29 heavy (non-hydrogen) atoms. The van der Waals surface area contributed by atoms with Crippen LogP contribution in [-0.2, 0) is 14.8 Å². The van der Waals surface area contributed by atoms with E-state index in [0.717, 1.165) is 22.4 Å². The van der Waals surface area contributed by atoms with Crippen LogP contribution in [0.3, 0.4) is 0 Å². The van der Waals surface area contributed by atoms with Crippen molar-refractivity contribution in [3.63, 3.8) is 0 Å². The van der Waals surface area contributed by atoms with Gasteiger partial charge in [0.1, 0.15) is 5.75 Å². The first-order chi connectivity index (χ1) is 13.8. The van der Waals surface area contributed by atoms with Gasteiger partial charge in [-0.3, -0.25) is 4.79 Å². The van der Waals surface area contributed by atoms with E-state index < -0.39 is 21.3 Å². The molecular weight excluding hydrogens is 388 g/mol. The molecule has 6 nitrogen and oxygen atoms in total. The van der Waals surface area contributed by atoms with E-state index >= 15 is 0 Å². The molecule has 0 spiro atoms. The highest BCUT2D eigenvalue weighted by Gasteiger charge is 2.33. The maximum atomic E-state index is 12.4. The molecule has 1 amide bonds. The van der Waals surface area contributed by atoms with Gasteiger partial charge in [-0.1, -0.05) is 42.5 Å². The lowest BCUT2D eigenvalue weighted by Gasteiger charge is -2.33. The van der Waals surface area contributed by atoms with Gasteiger partial charge in [0.05, 0.1) is 17.9 Å². The zero-order valence-electron chi connectivity index (χ0n) is 17.0. The van der Waals surface area contributed by atoms with Crippen molar-refractivity contribution in [2.75, 3.05) is 6.61 Å². The average Bonchev–Trinajstić information content (AvgIpc) is 2.70. The molecule has 156 valence electrons. The van der Waals surface area contributed by atoms with Crippen molar-refractivity contribution in [1.29, 1.82) is 0 Å². The number of sulfonamides is 1. The van der Waals surface area contributed by atoms with Crippen molar-refractivity contribution in [3.8, 4) is 16.9 Å². The van der Waals surface area contributed by atoms with Crippen LogP contribution >= 0.6 is 0 Å². The van der Waals surface area contributed by atoms with Crippen LogP contribution in [-0.4, -0.2) is 32.2 Å². The van der Waals surface area contributed by atoms with E-state index in [1.165, 1.54) is 0 Å². The van der Waals surface area contributed by atoms with Crippen LogP contribution in [0.5, 0.6) is 5.75 Å². The van der Waals surface area contributed by atoms with Crippen LogP contribution in [0, 0.1) is 0 Å². The number of rotatable bonds is 7. The monoisotopic (exact) mass is 416 g/mol. The molecule has 2 aromatic rings. The molecule has 1 fully saturated rings. The minimum atomic E-state index is -3.44. The molecule has 1 heterocycles. The number of piperidine rings is 1. The zero-order chi connectivity index (χ0) is 21.0. The lowest BCUT2D eigenvalue weighted by Crippen LogP contribution is -2.51. The first-order valence-corrected chi connectivity index (χ1v) is 11.5. The summed E-state index contributed by atoms with van der Waals surface area (Å²) in [5.41, 5.74) is 2.86. The van der Waals surface area contributed by atoms with Crippen LogP contribution in [0.1, 0.15) is 45.2 Å². The SMILES string of the molecule is CCOc1ccccc1-c1ccc([C@@H]2NC(=O)CC[C@@H]2NS(=O)(=O)C(C)C)cc1. The Hall–Kier alpha value is -2.38. The van der Waals surface area contributed by atoms with E-state index in [0.29, 0.717) is 19.4 Å². The Morgan fingerprint density at radius 3 is 2.48 bits per heavy atom. The molecule has 0 bridgehead atoms. The average molecular weight is 417 g/mol. The molecule has 2 aromatic carbocycles. The van der Waals surface area contributed by atoms with Gasteiger partial charge in [0.2, 0.25) is 15.9 Å². The van der Waals surface area contributed by atoms with Crippen LogP contribution in [0.15, 0.2) is 48.5 Å². The lowest BCUT2D eigenvalue weighted by molar-refractivity contribution is -0.123. The summed E-state index contributed by atoms with van der Waals surface area (Å²) in [7, 11) is -3.44. The van der Waals surface area contributed by atoms with Crippen molar-refractivity contribution >= 4 is 15.9 Å². The number of carbonyl (C=O) groups excluding carboxylic acids is 1. The van der Waals surface area contributed by atoms with Crippen molar-refractivity contribution in [2.24, 2.45) is 0 Å². The van der Waals surface area contributed by atoms with Gasteiger partial charge in [0.15, 0.2) is 0 Å². The molecule has 0 unspecified atom stereocenters. The third-order valence-corrected chi connectivity index (χ3v) is 6.98. The van der Waals surface area contributed by atoms with Gasteiger partial charge < -0.3 is 10.1 Å². The molecule has 0 aromatic heterocycles. The van der Waals surface area contributed by atoms with Gasteiger partial charge in [-0.15, -0.1) is 0 Å². The maximum absolute atomic E-state index is 12.4. The van der Waals surface area contributed by atoms with Gasteiger partial charge in [-0.25, -0.2) is 13.1 Å². The number of hydrogen-bond acceptors (Lipinski definition) is 4. The molecule has 7 heteroatoms. The number of para-hydroxylation sites is 1. The predicted molar refractivity (Wildman–Crippen MR) is 114 cm³/mol. The van der Waals surface area contributed by atoms with E-state index in [1.807, 2.05) is 55.5 Å². The van der Waals surface area contributed by atoms with Crippen molar-refractivity contribution in [1.82, 2.24) is 10.0 Å². The number of benzene rings is 2. The largest absolute Gasteiger partial charge is 0.493 e. The number of nitrogens with one attached hydrogen (secondary N) is 2. The Bertz CT molecular complexity index is 955. The summed E-state index contributed by atoms with van der Waals surface area (Å²) < 4.78 is 33.2. The van der Waals surface area contributed by atoms with Crippen LogP contribution in [0.25, 0.3) is 11.1 Å². The van der Waals surface area contributed by atoms with Gasteiger partial charge >= 0.3 is 0 Å². The Morgan fingerprint density at radius 1 is 1.14 bits per heavy atom. The molecule has 1 aliphatic rings. The number of ether oxygens (including phenoxy) is 1. The lowest BCUT2D eigenvalue weighted by atomic mass is 9.91. The van der Waals surface area contributed by atoms with Crippen molar-refractivity contribution in [3.05, 3.63) is 54.1 Å². The molecular formula is C22H28N2O4S. The summed E-state index contributed by atoms with van der Waals surface area (Å²) in [5, 5.41) is 2.42. The Kier molecular flexibility index (Phi) is 6.59. The molecule has 3 rings (SSSR count). The van der Waals surface area contributed by atoms with E-state index in [4.69, 9.17) is 4.74 Å². The quantitative estimate of drug-likeness (QED) is 0.725. The fourth-order valence-electron chi connectivity index (χ4n) is 3.45. The van der Waals surface area contributed by atoms with Gasteiger partial charge in [-0.05, 0) is 44.4 Å². The van der Waals surface area contributed by atoms with E-state index in [2.05, 4.69) is 10.0 Å². The maximum Gasteiger partial charge on any atom is 0.220 e. The molecule has 1 saturated heterocycles. The van der Waals surface area contributed by atoms with E-state index in [9.17, 15) is 13.2 Å². The topological polar surface area (TPSA) is 84.5 Å². The van der Waals surface area contributed by atoms with Crippen molar-refractivity contribution in [2.45, 2.75) is 50.9 Å². The first kappa shape index (κ1) is 21.3. The summed E-state index contributed by atoms with van der Waals surface area (Å²) in [6, 6.07) is 14.9. The normalized spacial score (nSPS) is 19.8. The summed E-state index contributed by atoms with van der Waals surface area (Å²) in [5.74, 6) is 0.747. The summed E-state index contributed by atoms with van der Waals surface area (Å²) in [4.78, 5) is 12.0. The number of hydrogen-bond donors (Lipinski definition) is 2. The minimum Gasteiger partial charge on any atom is -0.493 e. The third kappa shape index (κ3) is 4.97. The van der Waals surface area contributed by atoms with Gasteiger partial charge in [0, 0.05) is 18.0 Å². The number of carbonyl (C=O) groups is 1. The molecule has 2 N–H and O–H groups in total. The Balaban J connectivity index is 1.87. The summed E-state index contributed by atoms with van der Waals surface area (Å²) >= 11 is 0. The highest BCUT2D eigenvalue weighted by molar-refractivity contribution is 7.90. The second-order valence-corrected chi connectivity index (χ2v) is 9.72. The van der Waals surface area contributed by atoms with Crippen LogP contribution < -0.4 is 14.8 Å². The van der Waals surface area contributed by atoms with Crippen LogP contribution in [0.2, 0.25) is 0 Å². The second kappa shape index (κ2) is 8.97. The van der Waals surface area contributed by atoms with Gasteiger partial charge in [-0.2, -0.15) is 0 Å². The van der Waals surface area contributed by atoms with E-state index in [-0.39, 0.29) is 11.9 Å². The van der Waals surface area contributed by atoms with Crippen LogP contribution in [0.4, 0.5) is 0 Å². The standard InChI is InChI=1S/C22H28N2O4S/c1-4-28-20-8-6-5-7-18(20)16-9-11-17(12-10-16)22-19(13-14-21(25)23-22)24-29(26,27)15(2)3/h5-12,15,19,22,24H,4,13-14H2,1-3H3,(H,23,25)/t19-,22-/m0/s1. The summed E-state index contributed by atoms with van der Waals surface area (Å²) in [6.07, 6.45) is 0.777. The Morgan fingerprint density at radius 2 is 1.83 bits per heavy atom. The van der Waals surface area contributed by atoms with E-state index in [1.54, 1.807) is 13.8 Å². The molecule has 0 aliphatic carbocycles. The fraction of sp³-hybridized carbons (Fsp3) is 0.409. The first-order valence-electron chi connectivity index (χ1n) is 9.94. The van der Waals surface area contributed by atoms with Crippen molar-refractivity contribution < 1.29 is 17.9 Å². The minimum absolute atomic E-state index is 0.0687. The zero-order valence-corrected chi connectivity index (χ0v) is 17.8. The smallest absolute Gasteiger partial charge is 0.220 e. The predicted octanol–water partition coefficient (Wildman–Crippen LogP) is 3.40. The molecule has 1 aliphatic heterocycles. The Labute approximate surface area is 172 Å². The molecule has 2 atom stereocenters. The third-order valence-electron chi connectivity index (χ3n) is 5.11. The fourth-order valence-corrected chi connectivity index (χ4v) is 4.39. The number of amides is 1. The highest BCUT2D eigenvalue weighted by atomic mass is 32.2. The summed E-state index contributed by atoms with van der Waals surface area (Å²) in [6.45, 7) is 5.82. The van der Waals surface area contributed by atoms with Gasteiger partial charge in [0.25, 0.3) is 0 Å². The second-order valence-electron chi connectivity index (χ2n) is 7.45. The highest BCUT2D eigenvalue weighted by Crippen LogP contribution is 2.32. The molecule has 0 radical (unpaired) electrons.